The van der Waals surface area contributed by atoms with Gasteiger partial charge in [-0.25, -0.2) is 9.37 Å². The molecule has 0 saturated heterocycles. The van der Waals surface area contributed by atoms with Crippen molar-refractivity contribution in [3.05, 3.63) is 104 Å². The number of hydrogen-bond donors (Lipinski definition) is 1. The van der Waals surface area contributed by atoms with Gasteiger partial charge in [0.1, 0.15) is 16.3 Å². The maximum Gasteiger partial charge on any atom is 0.278 e. The number of rotatable bonds is 8. The Kier molecular flexibility index (Phi) is 7.12. The van der Waals surface area contributed by atoms with E-state index < -0.39 is 5.82 Å². The Labute approximate surface area is 218 Å². The van der Waals surface area contributed by atoms with E-state index in [4.69, 9.17) is 21.6 Å². The van der Waals surface area contributed by atoms with Crippen molar-refractivity contribution in [1.29, 1.82) is 0 Å². The van der Waals surface area contributed by atoms with Gasteiger partial charge >= 0.3 is 0 Å². The summed E-state index contributed by atoms with van der Waals surface area (Å²) in [5.74, 6) is 0.0802. The minimum Gasteiger partial charge on any atom is -0.467 e. The van der Waals surface area contributed by atoms with Gasteiger partial charge in [-0.3, -0.25) is 18.7 Å². The van der Waals surface area contributed by atoms with E-state index in [0.717, 1.165) is 28.7 Å². The third kappa shape index (κ3) is 5.18. The van der Waals surface area contributed by atoms with Gasteiger partial charge in [0.25, 0.3) is 5.56 Å². The number of amides is 1. The Morgan fingerprint density at radius 1 is 1.11 bits per heavy atom. The topological polar surface area (TPSA) is 82.1 Å². The van der Waals surface area contributed by atoms with Crippen molar-refractivity contribution in [2.75, 3.05) is 5.75 Å². The van der Waals surface area contributed by atoms with E-state index >= 15 is 0 Å². The summed E-state index contributed by atoms with van der Waals surface area (Å²) in [7, 11) is 0. The first-order chi connectivity index (χ1) is 17.5. The number of nitrogens with zero attached hydrogens (tertiary/aromatic N) is 3. The van der Waals surface area contributed by atoms with Crippen LogP contribution in [0.15, 0.2) is 87.4 Å². The second-order valence-electron chi connectivity index (χ2n) is 7.75. The summed E-state index contributed by atoms with van der Waals surface area (Å²) in [6, 6.07) is 18.7. The number of thiazole rings is 1. The fourth-order valence-electron chi connectivity index (χ4n) is 3.57. The molecule has 3 heterocycles. The Morgan fingerprint density at radius 2 is 1.89 bits per heavy atom. The number of halogens is 1. The summed E-state index contributed by atoms with van der Waals surface area (Å²) in [5, 5.41) is 3.18. The molecule has 36 heavy (non-hydrogen) atoms. The van der Waals surface area contributed by atoms with Crippen molar-refractivity contribution in [3.8, 4) is 5.69 Å². The van der Waals surface area contributed by atoms with Gasteiger partial charge in [0.15, 0.2) is 14.8 Å². The van der Waals surface area contributed by atoms with Crippen LogP contribution >= 0.6 is 35.3 Å². The summed E-state index contributed by atoms with van der Waals surface area (Å²) in [4.78, 5) is 30.9. The molecule has 2 aromatic carbocycles. The molecule has 182 valence electrons. The predicted octanol–water partition coefficient (Wildman–Crippen LogP) is 5.17. The first-order valence-corrected chi connectivity index (χ1v) is 13.1. The second kappa shape index (κ2) is 10.6. The van der Waals surface area contributed by atoms with Gasteiger partial charge in [0.2, 0.25) is 5.91 Å². The van der Waals surface area contributed by atoms with Gasteiger partial charge in [-0.15, -0.1) is 0 Å². The second-order valence-corrected chi connectivity index (χ2v) is 10.3. The Balaban J connectivity index is 1.50. The molecule has 0 bridgehead atoms. The predicted molar refractivity (Wildman–Crippen MR) is 141 cm³/mol. The molecule has 3 aromatic heterocycles. The number of hydrogen-bond acceptors (Lipinski definition) is 7. The molecule has 0 radical (unpaired) electrons. The summed E-state index contributed by atoms with van der Waals surface area (Å²) in [6.45, 7) is 0.713. The van der Waals surface area contributed by atoms with Crippen LogP contribution in [-0.4, -0.2) is 25.8 Å². The molecule has 11 heteroatoms. The molecule has 0 aliphatic carbocycles. The average Bonchev–Trinajstić information content (AvgIpc) is 3.51. The highest BCUT2D eigenvalue weighted by atomic mass is 32.2. The van der Waals surface area contributed by atoms with Crippen LogP contribution in [0.2, 0.25) is 0 Å². The third-order valence-corrected chi connectivity index (χ3v) is 7.67. The first-order valence-electron chi connectivity index (χ1n) is 10.9. The van der Waals surface area contributed by atoms with Crippen molar-refractivity contribution in [2.45, 2.75) is 18.2 Å². The normalized spacial score (nSPS) is 11.1. The molecule has 0 fully saturated rings. The van der Waals surface area contributed by atoms with Gasteiger partial charge in [-0.1, -0.05) is 53.4 Å². The van der Waals surface area contributed by atoms with E-state index in [1.54, 1.807) is 16.9 Å². The maximum absolute atomic E-state index is 13.6. The molecule has 1 N–H and O–H groups in total. The van der Waals surface area contributed by atoms with Crippen LogP contribution in [-0.2, 0) is 17.9 Å². The molecule has 5 aromatic rings. The third-order valence-electron chi connectivity index (χ3n) is 5.30. The van der Waals surface area contributed by atoms with Gasteiger partial charge < -0.3 is 9.73 Å². The highest BCUT2D eigenvalue weighted by Crippen LogP contribution is 2.26. The van der Waals surface area contributed by atoms with E-state index in [1.807, 2.05) is 36.4 Å². The monoisotopic (exact) mass is 538 g/mol. The van der Waals surface area contributed by atoms with Crippen LogP contribution in [0.1, 0.15) is 11.3 Å². The summed E-state index contributed by atoms with van der Waals surface area (Å²) < 4.78 is 23.0. The van der Waals surface area contributed by atoms with E-state index in [1.165, 1.54) is 28.8 Å². The molecule has 0 saturated carbocycles. The molecule has 0 aliphatic rings. The largest absolute Gasteiger partial charge is 0.467 e. The summed E-state index contributed by atoms with van der Waals surface area (Å²) >= 11 is 7.80. The Morgan fingerprint density at radius 3 is 2.61 bits per heavy atom. The smallest absolute Gasteiger partial charge is 0.278 e. The maximum atomic E-state index is 13.6. The standard InChI is InChI=1S/C25H19FN4O3S3/c26-17-8-10-18(11-9-17)30-23(32)21-22(29(25(34)36-21)14-19-7-4-12-33-19)28-24(30)35-15-20(31)27-13-16-5-2-1-3-6-16/h1-12H,13-15H2,(H,27,31). The summed E-state index contributed by atoms with van der Waals surface area (Å²) in [6.07, 6.45) is 1.57. The van der Waals surface area contributed by atoms with Crippen molar-refractivity contribution < 1.29 is 13.6 Å². The van der Waals surface area contributed by atoms with E-state index in [2.05, 4.69) is 5.32 Å². The zero-order valence-corrected chi connectivity index (χ0v) is 21.2. The lowest BCUT2D eigenvalue weighted by molar-refractivity contribution is -0.118. The van der Waals surface area contributed by atoms with Gasteiger partial charge in [0.05, 0.1) is 24.2 Å². The van der Waals surface area contributed by atoms with Crippen LogP contribution in [0.4, 0.5) is 4.39 Å². The Bertz CT molecular complexity index is 1630. The molecule has 0 atom stereocenters. The fraction of sp³-hybridized carbons (Fsp3) is 0.120. The highest BCUT2D eigenvalue weighted by Gasteiger charge is 2.19. The molecule has 0 unspecified atom stereocenters. The van der Waals surface area contributed by atoms with Crippen LogP contribution in [0, 0.1) is 9.77 Å². The minimum atomic E-state index is -0.421. The zero-order valence-electron chi connectivity index (χ0n) is 18.7. The quantitative estimate of drug-likeness (QED) is 0.167. The van der Waals surface area contributed by atoms with Gasteiger partial charge in [0, 0.05) is 6.54 Å². The van der Waals surface area contributed by atoms with Gasteiger partial charge in [-0.2, -0.15) is 0 Å². The number of fused-ring (bicyclic) bond motifs is 1. The summed E-state index contributed by atoms with van der Waals surface area (Å²) in [5.41, 5.74) is 1.50. The Hall–Kier alpha value is -3.54. The lowest BCUT2D eigenvalue weighted by Gasteiger charge is -2.13. The molecular weight excluding hydrogens is 519 g/mol. The van der Waals surface area contributed by atoms with Crippen molar-refractivity contribution >= 4 is 51.6 Å². The number of carbonyl (C=O) groups is 1. The van der Waals surface area contributed by atoms with Crippen molar-refractivity contribution in [1.82, 2.24) is 19.4 Å². The lowest BCUT2D eigenvalue weighted by Crippen LogP contribution is -2.26. The average molecular weight is 539 g/mol. The van der Waals surface area contributed by atoms with E-state index in [0.29, 0.717) is 44.0 Å². The van der Waals surface area contributed by atoms with Crippen molar-refractivity contribution in [2.24, 2.45) is 0 Å². The minimum absolute atomic E-state index is 0.0367. The number of carbonyl (C=O) groups excluding carboxylic acids is 1. The van der Waals surface area contributed by atoms with E-state index in [9.17, 15) is 14.0 Å². The van der Waals surface area contributed by atoms with Crippen LogP contribution in [0.5, 0.6) is 0 Å². The lowest BCUT2D eigenvalue weighted by atomic mass is 10.2. The number of aromatic nitrogens is 3. The van der Waals surface area contributed by atoms with Gasteiger partial charge in [-0.05, 0) is 54.2 Å². The number of thioether (sulfide) groups is 1. The number of nitrogens with one attached hydrogen (secondary N) is 1. The van der Waals surface area contributed by atoms with Crippen molar-refractivity contribution in [3.63, 3.8) is 0 Å². The molecule has 7 nitrogen and oxygen atoms in total. The molecule has 1 amide bonds. The molecule has 5 rings (SSSR count). The number of benzene rings is 2. The molecular formula is C25H19FN4O3S3. The fourth-order valence-corrected chi connectivity index (χ4v) is 5.66. The van der Waals surface area contributed by atoms with E-state index in [-0.39, 0.29) is 17.2 Å². The highest BCUT2D eigenvalue weighted by molar-refractivity contribution is 7.99. The van der Waals surface area contributed by atoms with Crippen LogP contribution in [0.25, 0.3) is 16.0 Å². The number of furan rings is 1. The molecule has 0 aliphatic heterocycles. The molecule has 0 spiro atoms. The zero-order chi connectivity index (χ0) is 25.1. The SMILES string of the molecule is O=C(CSc1nc2c(sc(=S)n2Cc2ccco2)c(=O)n1-c1ccc(F)cc1)NCc1ccccc1. The first kappa shape index (κ1) is 24.2. The van der Waals surface area contributed by atoms with Crippen LogP contribution < -0.4 is 10.9 Å². The van der Waals surface area contributed by atoms with Crippen LogP contribution in [0.3, 0.4) is 0 Å².